The molecule has 0 saturated carbocycles. The monoisotopic (exact) mass is 384 g/mol. The first kappa shape index (κ1) is 17.6. The third-order valence-corrected chi connectivity index (χ3v) is 6.12. The minimum absolute atomic E-state index is 0.0775. The molecule has 2 atom stereocenters. The lowest BCUT2D eigenvalue weighted by Gasteiger charge is -2.45. The Bertz CT molecular complexity index is 1110. The van der Waals surface area contributed by atoms with Crippen molar-refractivity contribution in [2.45, 2.75) is 31.3 Å². The maximum Gasteiger partial charge on any atom is 0.270 e. The number of nitro benzene ring substituents is 1. The summed E-state index contributed by atoms with van der Waals surface area (Å²) < 4.78 is 0. The van der Waals surface area contributed by atoms with Crippen LogP contribution in [-0.2, 0) is 11.3 Å². The van der Waals surface area contributed by atoms with Crippen LogP contribution < -0.4 is 0 Å². The summed E-state index contributed by atoms with van der Waals surface area (Å²) in [6.07, 6.45) is 1.31. The van der Waals surface area contributed by atoms with E-state index in [1.807, 2.05) is 59.5 Å². The first-order valence-corrected chi connectivity index (χ1v) is 9.84. The number of rotatable bonds is 3. The van der Waals surface area contributed by atoms with E-state index in [1.165, 1.54) is 5.56 Å². The van der Waals surface area contributed by atoms with Gasteiger partial charge in [-0.1, -0.05) is 54.6 Å². The van der Waals surface area contributed by atoms with Gasteiger partial charge in [0.1, 0.15) is 0 Å². The van der Waals surface area contributed by atoms with Gasteiger partial charge in [-0.2, -0.15) is 0 Å². The summed E-state index contributed by atoms with van der Waals surface area (Å²) in [7, 11) is 0. The summed E-state index contributed by atoms with van der Waals surface area (Å²) in [4.78, 5) is 26.0. The molecule has 1 aliphatic carbocycles. The Morgan fingerprint density at radius 1 is 0.931 bits per heavy atom. The minimum Gasteiger partial charge on any atom is -0.331 e. The molecule has 1 amide bonds. The van der Waals surface area contributed by atoms with Crippen molar-refractivity contribution in [1.82, 2.24) is 4.90 Å². The first-order chi connectivity index (χ1) is 14.1. The van der Waals surface area contributed by atoms with Crippen LogP contribution in [0, 0.1) is 10.1 Å². The smallest absolute Gasteiger partial charge is 0.270 e. The molecule has 29 heavy (non-hydrogen) atoms. The highest BCUT2D eigenvalue weighted by atomic mass is 16.6. The summed E-state index contributed by atoms with van der Waals surface area (Å²) in [6, 6.07) is 23.1. The van der Waals surface area contributed by atoms with Crippen LogP contribution in [0.1, 0.15) is 41.5 Å². The minimum atomic E-state index is -0.358. The maximum atomic E-state index is 13.0. The van der Waals surface area contributed by atoms with E-state index in [4.69, 9.17) is 0 Å². The van der Waals surface area contributed by atoms with Crippen LogP contribution in [0.3, 0.4) is 0 Å². The molecule has 0 bridgehead atoms. The van der Waals surface area contributed by atoms with Gasteiger partial charge in [0.25, 0.3) is 5.69 Å². The number of hydrogen-bond acceptors (Lipinski definition) is 3. The predicted octanol–water partition coefficient (Wildman–Crippen LogP) is 5.22. The number of non-ortho nitro benzene ring substituents is 1. The van der Waals surface area contributed by atoms with Crippen LogP contribution in [0.5, 0.6) is 0 Å². The molecule has 2 aliphatic rings. The zero-order valence-electron chi connectivity index (χ0n) is 15.8. The lowest BCUT2D eigenvalue weighted by molar-refractivity contribution is -0.384. The van der Waals surface area contributed by atoms with Gasteiger partial charge in [-0.3, -0.25) is 14.9 Å². The standard InChI is InChI=1S/C24H20N2O3/c27-23-13-12-20-18-8-4-5-9-19(18)22-14-17(26(28)29)10-11-21(22)24(20)25(23)15-16-6-2-1-3-7-16/h1-11,14,20,24H,12-13,15H2/t20-,24+/m0/s1. The molecule has 144 valence electrons. The maximum absolute atomic E-state index is 13.0. The molecule has 0 N–H and O–H groups in total. The van der Waals surface area contributed by atoms with Gasteiger partial charge < -0.3 is 4.90 Å². The number of likely N-dealkylation sites (tertiary alicyclic amines) is 1. The molecule has 1 fully saturated rings. The summed E-state index contributed by atoms with van der Waals surface area (Å²) in [5.74, 6) is 0.334. The van der Waals surface area contributed by atoms with E-state index < -0.39 is 0 Å². The summed E-state index contributed by atoms with van der Waals surface area (Å²) in [5.41, 5.74) is 5.25. The average Bonchev–Trinajstić information content (AvgIpc) is 2.75. The molecule has 3 aromatic carbocycles. The number of nitro groups is 1. The van der Waals surface area contributed by atoms with Crippen LogP contribution in [0.25, 0.3) is 11.1 Å². The quantitative estimate of drug-likeness (QED) is 0.459. The van der Waals surface area contributed by atoms with Gasteiger partial charge in [-0.15, -0.1) is 0 Å². The van der Waals surface area contributed by atoms with Crippen molar-refractivity contribution in [3.63, 3.8) is 0 Å². The molecule has 3 aromatic rings. The molecule has 0 spiro atoms. The van der Waals surface area contributed by atoms with Gasteiger partial charge in [-0.25, -0.2) is 0 Å². The predicted molar refractivity (Wildman–Crippen MR) is 110 cm³/mol. The second-order valence-electron chi connectivity index (χ2n) is 7.71. The molecule has 0 radical (unpaired) electrons. The highest BCUT2D eigenvalue weighted by molar-refractivity contribution is 5.83. The Balaban J connectivity index is 1.67. The van der Waals surface area contributed by atoms with E-state index in [0.29, 0.717) is 13.0 Å². The Morgan fingerprint density at radius 2 is 1.69 bits per heavy atom. The number of nitrogens with zero attached hydrogens (tertiary/aromatic N) is 2. The molecule has 5 nitrogen and oxygen atoms in total. The number of carbonyl (C=O) groups is 1. The Hall–Kier alpha value is -3.47. The SMILES string of the molecule is O=C1CC[C@H]2c3ccccc3-c3cc([N+](=O)[O-])ccc3[C@@H]2N1Cc1ccccc1. The normalized spacial score (nSPS) is 19.9. The summed E-state index contributed by atoms with van der Waals surface area (Å²) >= 11 is 0. The van der Waals surface area contributed by atoms with Crippen molar-refractivity contribution in [3.05, 3.63) is 99.6 Å². The van der Waals surface area contributed by atoms with E-state index in [0.717, 1.165) is 28.7 Å². The number of fused-ring (bicyclic) bond motifs is 6. The zero-order valence-corrected chi connectivity index (χ0v) is 15.8. The molecule has 0 unspecified atom stereocenters. The fraction of sp³-hybridized carbons (Fsp3) is 0.208. The highest BCUT2D eigenvalue weighted by Gasteiger charge is 2.42. The molecule has 0 aromatic heterocycles. The summed E-state index contributed by atoms with van der Waals surface area (Å²) in [5, 5.41) is 11.4. The van der Waals surface area contributed by atoms with E-state index >= 15 is 0 Å². The molecular formula is C24H20N2O3. The lowest BCUT2D eigenvalue weighted by Crippen LogP contribution is -2.43. The van der Waals surface area contributed by atoms with Gasteiger partial charge >= 0.3 is 0 Å². The van der Waals surface area contributed by atoms with Crippen molar-refractivity contribution in [1.29, 1.82) is 0 Å². The van der Waals surface area contributed by atoms with Crippen molar-refractivity contribution in [2.75, 3.05) is 0 Å². The third kappa shape index (κ3) is 2.90. The average molecular weight is 384 g/mol. The largest absolute Gasteiger partial charge is 0.331 e. The second kappa shape index (κ2) is 6.85. The molecular weight excluding hydrogens is 364 g/mol. The van der Waals surface area contributed by atoms with Crippen LogP contribution in [0.15, 0.2) is 72.8 Å². The van der Waals surface area contributed by atoms with Gasteiger partial charge in [0.05, 0.1) is 11.0 Å². The molecule has 1 aliphatic heterocycles. The van der Waals surface area contributed by atoms with Gasteiger partial charge in [0, 0.05) is 31.0 Å². The second-order valence-corrected chi connectivity index (χ2v) is 7.71. The van der Waals surface area contributed by atoms with Crippen molar-refractivity contribution < 1.29 is 9.72 Å². The number of piperidine rings is 1. The Morgan fingerprint density at radius 3 is 2.48 bits per heavy atom. The van der Waals surface area contributed by atoms with E-state index in [9.17, 15) is 14.9 Å². The van der Waals surface area contributed by atoms with Crippen LogP contribution >= 0.6 is 0 Å². The van der Waals surface area contributed by atoms with E-state index in [-0.39, 0.29) is 28.5 Å². The van der Waals surface area contributed by atoms with Crippen LogP contribution in [-0.4, -0.2) is 15.7 Å². The van der Waals surface area contributed by atoms with Gasteiger partial charge in [0.2, 0.25) is 5.91 Å². The fourth-order valence-electron chi connectivity index (χ4n) is 4.84. The first-order valence-electron chi connectivity index (χ1n) is 9.84. The summed E-state index contributed by atoms with van der Waals surface area (Å²) in [6.45, 7) is 0.541. The van der Waals surface area contributed by atoms with E-state index in [2.05, 4.69) is 6.07 Å². The van der Waals surface area contributed by atoms with Crippen LogP contribution in [0.2, 0.25) is 0 Å². The van der Waals surface area contributed by atoms with Crippen molar-refractivity contribution in [3.8, 4) is 11.1 Å². The fourth-order valence-corrected chi connectivity index (χ4v) is 4.84. The van der Waals surface area contributed by atoms with E-state index in [1.54, 1.807) is 12.1 Å². The number of carbonyl (C=O) groups excluding carboxylic acids is 1. The molecule has 1 heterocycles. The zero-order chi connectivity index (χ0) is 20.0. The van der Waals surface area contributed by atoms with Crippen LogP contribution in [0.4, 0.5) is 5.69 Å². The third-order valence-electron chi connectivity index (χ3n) is 6.12. The molecule has 5 rings (SSSR count). The number of benzene rings is 3. The van der Waals surface area contributed by atoms with Gasteiger partial charge in [0.15, 0.2) is 0 Å². The Labute approximate surface area is 168 Å². The van der Waals surface area contributed by atoms with Gasteiger partial charge in [-0.05, 0) is 40.3 Å². The highest BCUT2D eigenvalue weighted by Crippen LogP contribution is 2.53. The molecule has 1 saturated heterocycles. The Kier molecular flexibility index (Phi) is 4.16. The molecule has 5 heteroatoms. The number of hydrogen-bond donors (Lipinski definition) is 0. The topological polar surface area (TPSA) is 63.4 Å². The van der Waals surface area contributed by atoms with Crippen molar-refractivity contribution >= 4 is 11.6 Å². The van der Waals surface area contributed by atoms with Crippen molar-refractivity contribution in [2.24, 2.45) is 0 Å². The lowest BCUT2D eigenvalue weighted by atomic mass is 9.71. The number of amides is 1.